The Kier molecular flexibility index (Phi) is 7.04. The first-order valence-corrected chi connectivity index (χ1v) is 14.9. The average molecular weight is 693 g/mol. The van der Waals surface area contributed by atoms with E-state index in [-0.39, 0.29) is 40.4 Å². The molecule has 8 nitrogen and oxygen atoms in total. The number of rotatable bonds is 5. The summed E-state index contributed by atoms with van der Waals surface area (Å²) in [5.41, 5.74) is 1.31. The predicted molar refractivity (Wildman–Crippen MR) is 160 cm³/mol. The smallest absolute Gasteiger partial charge is 0.316 e. The molecule has 0 N–H and O–H groups in total. The van der Waals surface area contributed by atoms with Gasteiger partial charge in [-0.2, -0.15) is 0 Å². The minimum Gasteiger partial charge on any atom is -0.497 e. The Hall–Kier alpha value is -2.20. The molecular weight excluding hydrogens is 673 g/mol. The number of carbonyl (C=O) groups is 4. The van der Waals surface area contributed by atoms with Crippen LogP contribution >= 0.6 is 69.6 Å². The monoisotopic (exact) mass is 690 g/mol. The summed E-state index contributed by atoms with van der Waals surface area (Å²) in [6.45, 7) is 1.79. The zero-order valence-corrected chi connectivity index (χ0v) is 26.3. The van der Waals surface area contributed by atoms with E-state index >= 15 is 0 Å². The molecule has 3 fully saturated rings. The maximum Gasteiger partial charge on any atom is 0.316 e. The van der Waals surface area contributed by atoms with Crippen molar-refractivity contribution in [1.29, 1.82) is 0 Å². The second kappa shape index (κ2) is 9.91. The summed E-state index contributed by atoms with van der Waals surface area (Å²) < 4.78 is 8.71. The van der Waals surface area contributed by atoms with Crippen molar-refractivity contribution in [2.75, 3.05) is 23.5 Å². The maximum atomic E-state index is 13.7. The van der Waals surface area contributed by atoms with E-state index in [1.807, 2.05) is 0 Å². The van der Waals surface area contributed by atoms with Gasteiger partial charge in [-0.15, -0.1) is 23.2 Å². The van der Waals surface area contributed by atoms with Gasteiger partial charge in [0.2, 0.25) is 17.7 Å². The number of hydrogen-bond acceptors (Lipinski definition) is 6. The van der Waals surface area contributed by atoms with Crippen LogP contribution in [0.4, 0.5) is 11.4 Å². The lowest BCUT2D eigenvalue weighted by Crippen LogP contribution is -2.50. The number of anilines is 2. The molecule has 6 rings (SSSR count). The van der Waals surface area contributed by atoms with Gasteiger partial charge < -0.3 is 14.4 Å². The fraction of sp³-hybridized carbons (Fsp3) is 0.357. The van der Waals surface area contributed by atoms with Crippen LogP contribution in [0.3, 0.4) is 0 Å². The van der Waals surface area contributed by atoms with Crippen LogP contribution in [-0.2, 0) is 19.2 Å². The van der Waals surface area contributed by atoms with Crippen molar-refractivity contribution in [1.82, 2.24) is 0 Å². The van der Waals surface area contributed by atoms with Crippen LogP contribution in [-0.4, -0.2) is 51.4 Å². The summed E-state index contributed by atoms with van der Waals surface area (Å²) in [4.78, 5) is 51.6. The third-order valence-corrected chi connectivity index (χ3v) is 12.6. The second-order valence-electron chi connectivity index (χ2n) is 10.6. The van der Waals surface area contributed by atoms with Crippen LogP contribution in [0.1, 0.15) is 12.0 Å². The van der Waals surface area contributed by atoms with Crippen LogP contribution in [0.15, 0.2) is 52.5 Å². The number of methoxy groups -OCH3 is 1. The lowest BCUT2D eigenvalue weighted by Gasteiger charge is -2.34. The molecule has 0 unspecified atom stereocenters. The highest BCUT2D eigenvalue weighted by molar-refractivity contribution is 6.67. The van der Waals surface area contributed by atoms with Gasteiger partial charge in [0.05, 0.1) is 40.6 Å². The number of amides is 3. The van der Waals surface area contributed by atoms with Gasteiger partial charge in [0, 0.05) is 18.7 Å². The fourth-order valence-corrected chi connectivity index (χ4v) is 9.18. The first kappa shape index (κ1) is 29.9. The first-order chi connectivity index (χ1) is 19.7. The second-order valence-corrected chi connectivity index (χ2v) is 13.8. The molecule has 42 heavy (non-hydrogen) atoms. The minimum absolute atomic E-state index is 0.0103. The number of carbonyl (C=O) groups excluding carboxylic acids is 4. The van der Waals surface area contributed by atoms with Crippen molar-refractivity contribution >= 4 is 105 Å². The molecule has 2 heterocycles. The average Bonchev–Trinajstić information content (AvgIpc) is 3.54. The number of benzene rings is 2. The van der Waals surface area contributed by atoms with Crippen molar-refractivity contribution in [3.8, 4) is 11.5 Å². The lowest BCUT2D eigenvalue weighted by atomic mass is 9.84. The maximum absolute atomic E-state index is 13.7. The Morgan fingerprint density at radius 3 is 1.95 bits per heavy atom. The minimum atomic E-state index is -2.03. The molecule has 1 saturated carbocycles. The summed E-state index contributed by atoms with van der Waals surface area (Å²) in [5.74, 6) is -4.57. The zero-order valence-electron chi connectivity index (χ0n) is 21.8. The van der Waals surface area contributed by atoms with Crippen molar-refractivity contribution in [2.24, 2.45) is 17.8 Å². The van der Waals surface area contributed by atoms with E-state index in [0.29, 0.717) is 17.0 Å². The number of esters is 1. The van der Waals surface area contributed by atoms with Crippen molar-refractivity contribution in [3.63, 3.8) is 0 Å². The van der Waals surface area contributed by atoms with Gasteiger partial charge in [-0.25, -0.2) is 4.90 Å². The molecule has 2 aromatic carbocycles. The third kappa shape index (κ3) is 3.75. The van der Waals surface area contributed by atoms with Crippen molar-refractivity contribution < 1.29 is 28.7 Å². The number of alkyl halides is 4. The van der Waals surface area contributed by atoms with E-state index in [1.165, 1.54) is 23.1 Å². The molecule has 0 aromatic heterocycles. The molecule has 220 valence electrons. The fourth-order valence-electron chi connectivity index (χ4n) is 6.25. The largest absolute Gasteiger partial charge is 0.497 e. The summed E-state index contributed by atoms with van der Waals surface area (Å²) in [7, 11) is 1.55. The summed E-state index contributed by atoms with van der Waals surface area (Å²) in [6, 6.07) is 11.4. The number of fused-ring (bicyclic) bond motifs is 5. The Morgan fingerprint density at radius 2 is 1.43 bits per heavy atom. The van der Waals surface area contributed by atoms with Gasteiger partial charge in [0.1, 0.15) is 21.2 Å². The van der Waals surface area contributed by atoms with Crippen LogP contribution in [0.2, 0.25) is 0 Å². The number of hydrogen-bond donors (Lipinski definition) is 0. The number of allylic oxidation sites excluding steroid dienone is 2. The van der Waals surface area contributed by atoms with E-state index < -0.39 is 49.6 Å². The van der Waals surface area contributed by atoms with Gasteiger partial charge in [-0.1, -0.05) is 46.4 Å². The Balaban J connectivity index is 1.20. The molecule has 0 radical (unpaired) electrons. The summed E-state index contributed by atoms with van der Waals surface area (Å²) >= 11 is 39.4. The molecule has 2 bridgehead atoms. The van der Waals surface area contributed by atoms with E-state index in [2.05, 4.69) is 0 Å². The first-order valence-electron chi connectivity index (χ1n) is 12.7. The molecule has 5 atom stereocenters. The van der Waals surface area contributed by atoms with Crippen molar-refractivity contribution in [3.05, 3.63) is 58.1 Å². The highest BCUT2D eigenvalue weighted by atomic mass is 35.5. The normalized spacial score (nSPS) is 31.3. The van der Waals surface area contributed by atoms with Crippen LogP contribution in [0.25, 0.3) is 0 Å². The van der Waals surface area contributed by atoms with E-state index in [4.69, 9.17) is 79.1 Å². The van der Waals surface area contributed by atoms with E-state index in [1.54, 1.807) is 38.3 Å². The summed E-state index contributed by atoms with van der Waals surface area (Å²) in [5, 5.41) is -0.352. The number of nitrogens with zero attached hydrogens (tertiary/aromatic N) is 2. The standard InChI is InChI=1S/C28H20Cl6N2O6/c1-12-9-16(42-25(40)13-10-18(37)35(11-13)14-3-5-15(41-2)6-4-14)7-8-17(12)36-23(38)19-20(24(36)39)27(32)22(30)21(29)26(19,31)28(27,33)34/h3-9,13,19-20H,10-11H2,1-2H3/t13-,19-,20+,26-,27-/m1/s1. The Morgan fingerprint density at radius 1 is 0.881 bits per heavy atom. The van der Waals surface area contributed by atoms with E-state index in [0.717, 1.165) is 4.90 Å². The topological polar surface area (TPSA) is 93.2 Å². The van der Waals surface area contributed by atoms with E-state index in [9.17, 15) is 19.2 Å². The van der Waals surface area contributed by atoms with Gasteiger partial charge in [0.15, 0.2) is 4.33 Å². The molecule has 0 spiro atoms. The van der Waals surface area contributed by atoms with Crippen LogP contribution < -0.4 is 19.3 Å². The highest BCUT2D eigenvalue weighted by Gasteiger charge is 2.87. The zero-order chi connectivity index (χ0) is 30.5. The quantitative estimate of drug-likeness (QED) is 0.167. The van der Waals surface area contributed by atoms with Gasteiger partial charge in [-0.05, 0) is 55.0 Å². The molecule has 2 aliphatic carbocycles. The Bertz CT molecular complexity index is 1570. The van der Waals surface area contributed by atoms with Gasteiger partial charge >= 0.3 is 5.97 Å². The molecule has 4 aliphatic rings. The highest BCUT2D eigenvalue weighted by Crippen LogP contribution is 2.77. The van der Waals surface area contributed by atoms with Gasteiger partial charge in [-0.3, -0.25) is 19.2 Å². The van der Waals surface area contributed by atoms with Crippen LogP contribution in [0, 0.1) is 24.7 Å². The predicted octanol–water partition coefficient (Wildman–Crippen LogP) is 5.91. The molecule has 14 heteroatoms. The molecule has 2 aliphatic heterocycles. The molecule has 2 saturated heterocycles. The molecule has 3 amide bonds. The number of halogens is 6. The lowest BCUT2D eigenvalue weighted by molar-refractivity contribution is -0.139. The van der Waals surface area contributed by atoms with Gasteiger partial charge in [0.25, 0.3) is 0 Å². The number of aryl methyl sites for hydroxylation is 1. The molecule has 2 aromatic rings. The van der Waals surface area contributed by atoms with Crippen molar-refractivity contribution in [2.45, 2.75) is 27.4 Å². The number of ether oxygens (including phenoxy) is 2. The molecular formula is C28H20Cl6N2O6. The Labute approximate surface area is 270 Å². The third-order valence-electron chi connectivity index (χ3n) is 8.38. The SMILES string of the molecule is COc1ccc(N2C[C@H](C(=O)Oc3ccc(N4C(=O)[C@@H]5[C@H](C4=O)[C@@]4(Cl)C(Cl)=C(Cl)[C@@]5(Cl)C4(Cl)Cl)c(C)c3)CC2=O)cc1. The van der Waals surface area contributed by atoms with Crippen LogP contribution in [0.5, 0.6) is 11.5 Å². The number of imide groups is 1. The summed E-state index contributed by atoms with van der Waals surface area (Å²) in [6.07, 6.45) is -0.0103.